The number of hydrogen-bond donors (Lipinski definition) is 4. The fourth-order valence-electron chi connectivity index (χ4n) is 1.84. The predicted octanol–water partition coefficient (Wildman–Crippen LogP) is -5.01. The molecule has 0 saturated heterocycles. The van der Waals surface area contributed by atoms with Crippen LogP contribution in [0.2, 0.25) is 0 Å². The summed E-state index contributed by atoms with van der Waals surface area (Å²) in [6, 6.07) is 0. The Morgan fingerprint density at radius 2 is 0.674 bits per heavy atom. The van der Waals surface area contributed by atoms with Gasteiger partial charge in [0.05, 0.1) is 49.8 Å². The van der Waals surface area contributed by atoms with E-state index in [1.165, 1.54) is 20.8 Å². The maximum atomic E-state index is 10.3. The predicted molar refractivity (Wildman–Crippen MR) is 165 cm³/mol. The Hall–Kier alpha value is -2.58. The molecule has 0 aromatic carbocycles. The van der Waals surface area contributed by atoms with Crippen LogP contribution in [0.1, 0.15) is 59.3 Å². The van der Waals surface area contributed by atoms with Crippen LogP contribution in [0.5, 0.6) is 0 Å². The van der Waals surface area contributed by atoms with Gasteiger partial charge in [0.1, 0.15) is 0 Å². The molecule has 0 unspecified atom stereocenters. The van der Waals surface area contributed by atoms with Gasteiger partial charge in [0.25, 0.3) is 0 Å². The molecule has 262 valence electrons. The molecule has 0 aromatic heterocycles. The molecule has 0 aliphatic heterocycles. The maximum absolute atomic E-state index is 10.3. The average Bonchev–Trinajstić information content (AvgIpc) is 2.98. The third-order valence-electron chi connectivity index (χ3n) is 5.40. The number of aliphatic hydroxyl groups is 4. The molecule has 0 aromatic rings. The first kappa shape index (κ1) is 52.9. The van der Waals surface area contributed by atoms with E-state index in [4.69, 9.17) is 20.4 Å². The summed E-state index contributed by atoms with van der Waals surface area (Å²) in [5.41, 5.74) is -1.36. The van der Waals surface area contributed by atoms with Crippen LogP contribution in [0, 0.1) is 5.41 Å². The van der Waals surface area contributed by atoms with Gasteiger partial charge in [0.15, 0.2) is 0 Å². The third kappa shape index (κ3) is 28.9. The fourth-order valence-corrected chi connectivity index (χ4v) is 2.64. The summed E-state index contributed by atoms with van der Waals surface area (Å²) in [7, 11) is -6.68. The van der Waals surface area contributed by atoms with Crippen LogP contribution < -0.4 is 15.3 Å². The van der Waals surface area contributed by atoms with Gasteiger partial charge in [-0.15, -0.1) is 0 Å². The molecule has 2 radical (unpaired) electrons. The second kappa shape index (κ2) is 29.8. The molecule has 46 heavy (non-hydrogen) atoms. The van der Waals surface area contributed by atoms with Crippen molar-refractivity contribution in [1.82, 2.24) is 0 Å². The van der Waals surface area contributed by atoms with Crippen molar-refractivity contribution in [2.45, 2.75) is 59.3 Å². The normalized spacial score (nSPS) is 9.46. The summed E-state index contributed by atoms with van der Waals surface area (Å²) in [4.78, 5) is 31.0. The van der Waals surface area contributed by atoms with Crippen LogP contribution in [-0.4, -0.2) is 131 Å². The Morgan fingerprint density at radius 1 is 0.500 bits per heavy atom. The van der Waals surface area contributed by atoms with Gasteiger partial charge >= 0.3 is 26.2 Å². The molecular formula is C26H39BiO16S3. The summed E-state index contributed by atoms with van der Waals surface area (Å²) in [5, 5.41) is 64.3. The first-order valence-corrected chi connectivity index (χ1v) is 15.7. The smallest absolute Gasteiger partial charge is 0.545 e. The number of carbonyl (C=O) groups is 3. The second-order valence-electron chi connectivity index (χ2n) is 9.12. The Balaban J connectivity index is -0.000000162. The zero-order valence-corrected chi connectivity index (χ0v) is 31.5. The maximum Gasteiger partial charge on any atom is 3.00 e. The van der Waals surface area contributed by atoms with Gasteiger partial charge in [0, 0.05) is 14.6 Å². The Bertz CT molecular complexity index is 1260. The molecule has 0 atom stereocenters. The minimum absolute atomic E-state index is 0. The van der Waals surface area contributed by atoms with E-state index in [1.54, 1.807) is 0 Å². The van der Waals surface area contributed by atoms with E-state index >= 15 is 0 Å². The molecule has 0 aliphatic carbocycles. The van der Waals surface area contributed by atoms with E-state index in [0.717, 1.165) is 0 Å². The molecule has 0 fully saturated rings. The van der Waals surface area contributed by atoms with Gasteiger partial charge < -0.3 is 50.1 Å². The molecule has 16 nitrogen and oxygen atoms in total. The molecular weight excluding hydrogens is 873 g/mol. The number of hydrogen-bond acceptors (Lipinski definition) is 16. The molecule has 0 saturated carbocycles. The van der Waals surface area contributed by atoms with E-state index in [9.17, 15) is 55.0 Å². The second-order valence-corrected chi connectivity index (χ2v) is 12.6. The van der Waals surface area contributed by atoms with Crippen LogP contribution in [0.3, 0.4) is 0 Å². The Morgan fingerprint density at radius 3 is 0.761 bits per heavy atom. The summed E-state index contributed by atoms with van der Waals surface area (Å²) >= 11 is 0. The van der Waals surface area contributed by atoms with E-state index in [1.807, 2.05) is 0 Å². The van der Waals surface area contributed by atoms with Gasteiger partial charge in [-0.1, -0.05) is 19.7 Å². The molecule has 0 spiro atoms. The van der Waals surface area contributed by atoms with Gasteiger partial charge in [-0.25, -0.2) is 0 Å². The monoisotopic (exact) mass is 912 g/mol. The van der Waals surface area contributed by atoms with Crippen molar-refractivity contribution < 1.29 is 75.4 Å². The van der Waals surface area contributed by atoms with Gasteiger partial charge in [-0.2, -0.15) is 25.3 Å². The van der Waals surface area contributed by atoms with Crippen LogP contribution in [0.4, 0.5) is 0 Å². The van der Waals surface area contributed by atoms with Crippen molar-refractivity contribution in [3.63, 3.8) is 0 Å². The van der Waals surface area contributed by atoms with E-state index < -0.39 is 80.6 Å². The summed E-state index contributed by atoms with van der Waals surface area (Å²) in [6.07, 6.45) is 0.890. The molecule has 0 rings (SSSR count). The van der Waals surface area contributed by atoms with Crippen LogP contribution in [0.25, 0.3) is 0 Å². The first-order valence-electron chi connectivity index (χ1n) is 12.4. The van der Waals surface area contributed by atoms with Crippen LogP contribution >= 0.6 is 0 Å². The van der Waals surface area contributed by atoms with Gasteiger partial charge in [0.2, 0.25) is 30.9 Å². The van der Waals surface area contributed by atoms with E-state index in [2.05, 4.69) is 19.7 Å². The fraction of sp³-hybridized carbons (Fsp3) is 0.538. The number of aliphatic carboxylic acids is 3. The van der Waals surface area contributed by atoms with Crippen molar-refractivity contribution in [3.05, 3.63) is 36.5 Å². The van der Waals surface area contributed by atoms with Crippen molar-refractivity contribution >= 4 is 89.6 Å². The zero-order valence-electron chi connectivity index (χ0n) is 25.6. The summed E-state index contributed by atoms with van der Waals surface area (Å²) in [5.74, 6) is -4.00. The minimum Gasteiger partial charge on any atom is -0.545 e. The molecule has 4 N–H and O–H groups in total. The van der Waals surface area contributed by atoms with Gasteiger partial charge in [-0.3, -0.25) is 0 Å². The topological polar surface area (TPSA) is 304 Å². The zero-order chi connectivity index (χ0) is 36.5. The number of carbonyl (C=O) groups excluding carboxylic acids is 3. The standard InChI is InChI=1S/3C7H10O4S.C5H12O4.Bi/c3*1-5(7(8)9)3-4-6(2)12(10)11;6-1-5(2-7,3-8)4-9;/h3*1,3-4H2,2H3,(H,8,9);6-9H,1-4H2;/q;;;;+3/p-3. The molecule has 0 aliphatic rings. The molecule has 20 heteroatoms. The van der Waals surface area contributed by atoms with E-state index in [0.29, 0.717) is 0 Å². The quantitative estimate of drug-likeness (QED) is 0.0640. The van der Waals surface area contributed by atoms with E-state index in [-0.39, 0.29) is 96.0 Å². The third-order valence-corrected chi connectivity index (χ3v) is 7.72. The van der Waals surface area contributed by atoms with Crippen molar-refractivity contribution in [1.29, 1.82) is 0 Å². The number of carboxylic acid groups (broad SMARTS) is 3. The molecule has 0 heterocycles. The largest absolute Gasteiger partial charge is 3.00 e. The SMILES string of the molecule is C=C(CCC(C)=S(=O)=O)C(=O)[O-].C=C(CCC(C)=S(=O)=O)C(=O)[O-].C=C(CCC(C)=S(=O)=O)C(=O)[O-].OCC(CO)(CO)CO.[Bi+3]. The van der Waals surface area contributed by atoms with Crippen molar-refractivity contribution in [2.24, 2.45) is 5.41 Å². The first-order chi connectivity index (χ1) is 20.6. The Kier molecular flexibility index (Phi) is 34.3. The molecule has 0 amide bonds. The van der Waals surface area contributed by atoms with Gasteiger partial charge in [-0.05, 0) is 76.0 Å². The summed E-state index contributed by atoms with van der Waals surface area (Å²) in [6.45, 7) is 12.3. The minimum atomic E-state index is -2.23. The number of carboxylic acids is 3. The molecule has 0 bridgehead atoms. The number of rotatable bonds is 16. The number of aliphatic hydroxyl groups excluding tert-OH is 4. The van der Waals surface area contributed by atoms with Crippen molar-refractivity contribution in [3.8, 4) is 0 Å². The van der Waals surface area contributed by atoms with Crippen LogP contribution in [-0.2, 0) is 45.3 Å². The summed E-state index contributed by atoms with van der Waals surface area (Å²) < 4.78 is 61.5. The van der Waals surface area contributed by atoms with Crippen LogP contribution in [0.15, 0.2) is 36.5 Å². The Labute approximate surface area is 291 Å². The van der Waals surface area contributed by atoms with Crippen molar-refractivity contribution in [2.75, 3.05) is 26.4 Å². The average molecular weight is 913 g/mol.